The summed E-state index contributed by atoms with van der Waals surface area (Å²) in [6.45, 7) is 9.82. The summed E-state index contributed by atoms with van der Waals surface area (Å²) in [6, 6.07) is 7.42. The van der Waals surface area contributed by atoms with Crippen LogP contribution in [0, 0.1) is 13.8 Å². The molecule has 0 saturated carbocycles. The van der Waals surface area contributed by atoms with Gasteiger partial charge < -0.3 is 30.5 Å². The van der Waals surface area contributed by atoms with Gasteiger partial charge in [0.1, 0.15) is 23.4 Å². The van der Waals surface area contributed by atoms with Crippen molar-refractivity contribution >= 4 is 35.2 Å². The van der Waals surface area contributed by atoms with Gasteiger partial charge in [0.15, 0.2) is 0 Å². The van der Waals surface area contributed by atoms with Crippen molar-refractivity contribution in [3.63, 3.8) is 0 Å². The Morgan fingerprint density at radius 3 is 2.29 bits per heavy atom. The van der Waals surface area contributed by atoms with Crippen LogP contribution in [-0.2, 0) is 14.3 Å². The molecule has 0 heterocycles. The van der Waals surface area contributed by atoms with Gasteiger partial charge in [-0.05, 0) is 58.2 Å². The molecular formula is C28H38ClN3O6. The Balaban J connectivity index is 2.57. The van der Waals surface area contributed by atoms with Crippen LogP contribution in [0.5, 0.6) is 5.75 Å². The van der Waals surface area contributed by atoms with E-state index in [0.29, 0.717) is 34.7 Å². The van der Waals surface area contributed by atoms with E-state index in [0.717, 1.165) is 0 Å². The number of aliphatic hydroxyl groups is 1. The van der Waals surface area contributed by atoms with E-state index in [2.05, 4.69) is 10.6 Å². The van der Waals surface area contributed by atoms with E-state index in [1.54, 1.807) is 71.0 Å². The highest BCUT2D eigenvalue weighted by Crippen LogP contribution is 2.34. The maximum absolute atomic E-state index is 13.9. The molecule has 0 aliphatic carbocycles. The van der Waals surface area contributed by atoms with Crippen molar-refractivity contribution in [2.75, 3.05) is 18.5 Å². The molecule has 0 radical (unpaired) electrons. The zero-order chi connectivity index (χ0) is 28.6. The molecule has 0 bridgehead atoms. The number of phenolic OH excluding ortho intramolecular Hbond substituents is 1. The molecule has 3 amide bonds. The van der Waals surface area contributed by atoms with Crippen LogP contribution in [0.25, 0.3) is 0 Å². The van der Waals surface area contributed by atoms with Gasteiger partial charge in [-0.3, -0.25) is 9.59 Å². The Kier molecular flexibility index (Phi) is 11.0. The molecule has 2 unspecified atom stereocenters. The highest BCUT2D eigenvalue weighted by molar-refractivity contribution is 6.34. The molecule has 0 aromatic heterocycles. The monoisotopic (exact) mass is 547 g/mol. The van der Waals surface area contributed by atoms with Crippen molar-refractivity contribution in [1.29, 1.82) is 0 Å². The second-order valence-electron chi connectivity index (χ2n) is 10.1. The first kappa shape index (κ1) is 30.9. The molecule has 208 valence electrons. The normalized spacial score (nSPS) is 12.8. The van der Waals surface area contributed by atoms with E-state index in [9.17, 15) is 24.6 Å². The first-order valence-corrected chi connectivity index (χ1v) is 12.9. The topological polar surface area (TPSA) is 128 Å². The summed E-state index contributed by atoms with van der Waals surface area (Å²) in [4.78, 5) is 41.3. The van der Waals surface area contributed by atoms with Crippen molar-refractivity contribution < 1.29 is 29.3 Å². The number of nitrogens with zero attached hydrogens (tertiary/aromatic N) is 1. The van der Waals surface area contributed by atoms with E-state index < -0.39 is 42.2 Å². The summed E-state index contributed by atoms with van der Waals surface area (Å²) >= 11 is 6.35. The molecular weight excluding hydrogens is 510 g/mol. The van der Waals surface area contributed by atoms with Gasteiger partial charge in [0, 0.05) is 12.1 Å². The number of para-hydroxylation sites is 2. The molecule has 9 nitrogen and oxygen atoms in total. The van der Waals surface area contributed by atoms with Gasteiger partial charge in [0.25, 0.3) is 5.91 Å². The second kappa shape index (κ2) is 13.5. The molecule has 4 N–H and O–H groups in total. The molecule has 0 saturated heterocycles. The zero-order valence-corrected chi connectivity index (χ0v) is 23.6. The third-order valence-corrected chi connectivity index (χ3v) is 6.12. The number of hydrogen-bond donors (Lipinski definition) is 4. The SMILES string of the molecule is CCCCN(C(=O)C(CO)NC(=O)OC(C)(C)C)C(C(=O)Nc1c(C)cccc1Cl)c1cccc(C)c1O. The maximum atomic E-state index is 13.9. The number of rotatable bonds is 10. The Morgan fingerprint density at radius 1 is 1.08 bits per heavy atom. The number of carbonyl (C=O) groups excluding carboxylic acids is 3. The fraction of sp³-hybridized carbons (Fsp3) is 0.464. The molecule has 0 aliphatic heterocycles. The van der Waals surface area contributed by atoms with Crippen LogP contribution in [0.4, 0.5) is 10.5 Å². The van der Waals surface area contributed by atoms with E-state index in [1.807, 2.05) is 6.92 Å². The number of aliphatic hydroxyl groups excluding tert-OH is 1. The molecule has 2 rings (SSSR count). The number of aryl methyl sites for hydroxylation is 2. The van der Waals surface area contributed by atoms with Gasteiger partial charge in [0.2, 0.25) is 5.91 Å². The van der Waals surface area contributed by atoms with E-state index in [1.165, 1.54) is 4.90 Å². The molecule has 0 aliphatic rings. The highest BCUT2D eigenvalue weighted by Gasteiger charge is 2.37. The average molecular weight is 548 g/mol. The largest absolute Gasteiger partial charge is 0.507 e. The van der Waals surface area contributed by atoms with Gasteiger partial charge in [-0.2, -0.15) is 0 Å². The summed E-state index contributed by atoms with van der Waals surface area (Å²) in [5, 5.41) is 26.5. The number of aromatic hydroxyl groups is 1. The van der Waals surface area contributed by atoms with Crippen LogP contribution in [0.3, 0.4) is 0 Å². The molecule has 2 aromatic rings. The van der Waals surface area contributed by atoms with Crippen molar-refractivity contribution in [3.8, 4) is 5.75 Å². The predicted octanol–water partition coefficient (Wildman–Crippen LogP) is 4.86. The Hall–Kier alpha value is -3.30. The number of phenols is 1. The molecule has 0 spiro atoms. The highest BCUT2D eigenvalue weighted by atomic mass is 35.5. The van der Waals surface area contributed by atoms with Gasteiger partial charge in [-0.25, -0.2) is 4.79 Å². The van der Waals surface area contributed by atoms with E-state index in [4.69, 9.17) is 16.3 Å². The number of amides is 3. The minimum Gasteiger partial charge on any atom is -0.507 e. The van der Waals surface area contributed by atoms with Crippen LogP contribution in [0.1, 0.15) is 63.3 Å². The van der Waals surface area contributed by atoms with E-state index in [-0.39, 0.29) is 17.9 Å². The molecule has 2 atom stereocenters. The smallest absolute Gasteiger partial charge is 0.408 e. The van der Waals surface area contributed by atoms with Crippen molar-refractivity contribution in [2.24, 2.45) is 0 Å². The number of ether oxygens (including phenoxy) is 1. The predicted molar refractivity (Wildman–Crippen MR) is 147 cm³/mol. The molecule has 0 fully saturated rings. The van der Waals surface area contributed by atoms with Crippen LogP contribution in [0.2, 0.25) is 5.02 Å². The van der Waals surface area contributed by atoms with Gasteiger partial charge in [-0.1, -0.05) is 55.3 Å². The van der Waals surface area contributed by atoms with Crippen molar-refractivity contribution in [1.82, 2.24) is 10.2 Å². The minimum absolute atomic E-state index is 0.120. The van der Waals surface area contributed by atoms with Gasteiger partial charge in [-0.15, -0.1) is 0 Å². The average Bonchev–Trinajstić information content (AvgIpc) is 2.83. The molecule has 2 aromatic carbocycles. The number of anilines is 1. The van der Waals surface area contributed by atoms with Crippen LogP contribution < -0.4 is 10.6 Å². The molecule has 10 heteroatoms. The quantitative estimate of drug-likeness (QED) is 0.336. The van der Waals surface area contributed by atoms with Crippen molar-refractivity contribution in [2.45, 2.75) is 72.1 Å². The summed E-state index contributed by atoms with van der Waals surface area (Å²) in [7, 11) is 0. The van der Waals surface area contributed by atoms with Crippen LogP contribution in [0.15, 0.2) is 36.4 Å². The minimum atomic E-state index is -1.38. The number of nitrogens with one attached hydrogen (secondary N) is 2. The fourth-order valence-corrected chi connectivity index (χ4v) is 4.13. The fourth-order valence-electron chi connectivity index (χ4n) is 3.87. The number of halogens is 1. The third-order valence-electron chi connectivity index (χ3n) is 5.80. The number of hydrogen-bond acceptors (Lipinski definition) is 6. The van der Waals surface area contributed by atoms with E-state index >= 15 is 0 Å². The van der Waals surface area contributed by atoms with Gasteiger partial charge in [0.05, 0.1) is 17.3 Å². The lowest BCUT2D eigenvalue weighted by molar-refractivity contribution is -0.141. The number of carbonyl (C=O) groups is 3. The molecule has 38 heavy (non-hydrogen) atoms. The lowest BCUT2D eigenvalue weighted by Crippen LogP contribution is -2.54. The summed E-state index contributed by atoms with van der Waals surface area (Å²) in [6.07, 6.45) is 0.342. The third kappa shape index (κ3) is 8.10. The number of alkyl carbamates (subject to hydrolysis) is 1. The maximum Gasteiger partial charge on any atom is 0.408 e. The lowest BCUT2D eigenvalue weighted by Gasteiger charge is -2.34. The second-order valence-corrected chi connectivity index (χ2v) is 10.5. The number of unbranched alkanes of at least 4 members (excludes halogenated alkanes) is 1. The summed E-state index contributed by atoms with van der Waals surface area (Å²) < 4.78 is 5.25. The Morgan fingerprint density at radius 2 is 1.71 bits per heavy atom. The standard InChI is InChI=1S/C28H38ClN3O6/c1-7-8-15-32(26(36)21(16-33)30-27(37)38-28(4,5)6)23(19-13-9-12-18(3)24(19)34)25(35)31-22-17(2)11-10-14-20(22)29/h9-14,21,23,33-34H,7-8,15-16H2,1-6H3,(H,30,37)(H,31,35). The zero-order valence-electron chi connectivity index (χ0n) is 22.8. The summed E-state index contributed by atoms with van der Waals surface area (Å²) in [5.74, 6) is -1.46. The van der Waals surface area contributed by atoms with Crippen LogP contribution >= 0.6 is 11.6 Å². The Bertz CT molecular complexity index is 1130. The number of benzene rings is 2. The van der Waals surface area contributed by atoms with Crippen molar-refractivity contribution in [3.05, 3.63) is 58.1 Å². The van der Waals surface area contributed by atoms with Crippen LogP contribution in [-0.4, -0.2) is 57.8 Å². The first-order chi connectivity index (χ1) is 17.8. The van der Waals surface area contributed by atoms with Gasteiger partial charge >= 0.3 is 6.09 Å². The lowest BCUT2D eigenvalue weighted by atomic mass is 9.98. The summed E-state index contributed by atoms with van der Waals surface area (Å²) in [5.41, 5.74) is 0.986. The Labute approximate surface area is 229 Å². The first-order valence-electron chi connectivity index (χ1n) is 12.6.